The molecule has 0 bridgehead atoms. The molecule has 3 amide bonds. The van der Waals surface area contributed by atoms with E-state index in [0.29, 0.717) is 40.9 Å². The first-order valence-electron chi connectivity index (χ1n) is 10.8. The first-order valence-corrected chi connectivity index (χ1v) is 10.8. The van der Waals surface area contributed by atoms with Gasteiger partial charge in [0.25, 0.3) is 11.8 Å². The van der Waals surface area contributed by atoms with Crippen LogP contribution < -0.4 is 5.73 Å². The number of benzene rings is 1. The Hall–Kier alpha value is -4.52. The highest BCUT2D eigenvalue weighted by atomic mass is 16.2. The van der Waals surface area contributed by atoms with Crippen LogP contribution in [0.1, 0.15) is 45.3 Å². The number of nitrogens with zero attached hydrogens (tertiary/aromatic N) is 6. The SMILES string of the molecule is C=CC(=O)N1CCC[C@@H](n2nc(C#CCN3C(=O)c4ccccc4C3=O)c3c(N)ncnc32)C1. The van der Waals surface area contributed by atoms with Crippen molar-refractivity contribution in [3.8, 4) is 11.8 Å². The van der Waals surface area contributed by atoms with E-state index in [2.05, 4.69) is 33.5 Å². The van der Waals surface area contributed by atoms with E-state index >= 15 is 0 Å². The highest BCUT2D eigenvalue weighted by Gasteiger charge is 2.34. The van der Waals surface area contributed by atoms with E-state index in [9.17, 15) is 14.4 Å². The molecule has 5 rings (SSSR count). The molecule has 1 fully saturated rings. The zero-order valence-electron chi connectivity index (χ0n) is 18.3. The van der Waals surface area contributed by atoms with Gasteiger partial charge in [0.1, 0.15) is 17.8 Å². The smallest absolute Gasteiger partial charge is 0.262 e. The first kappa shape index (κ1) is 21.3. The Morgan fingerprint density at radius 2 is 1.94 bits per heavy atom. The number of piperidine rings is 1. The molecule has 4 heterocycles. The second-order valence-electron chi connectivity index (χ2n) is 8.08. The van der Waals surface area contributed by atoms with Crippen LogP contribution in [0, 0.1) is 11.8 Å². The Labute approximate surface area is 195 Å². The van der Waals surface area contributed by atoms with Crippen molar-refractivity contribution >= 4 is 34.6 Å². The molecule has 0 unspecified atom stereocenters. The molecule has 2 N–H and O–H groups in total. The Morgan fingerprint density at radius 3 is 2.65 bits per heavy atom. The fraction of sp³-hybridized carbons (Fsp3) is 0.250. The quantitative estimate of drug-likeness (QED) is 0.359. The molecule has 1 aromatic carbocycles. The van der Waals surface area contributed by atoms with E-state index in [1.165, 1.54) is 12.4 Å². The molecule has 10 nitrogen and oxygen atoms in total. The topological polar surface area (TPSA) is 127 Å². The van der Waals surface area contributed by atoms with Gasteiger partial charge in [-0.1, -0.05) is 24.6 Å². The van der Waals surface area contributed by atoms with Crippen molar-refractivity contribution in [3.05, 3.63) is 60.1 Å². The summed E-state index contributed by atoms with van der Waals surface area (Å²) in [6.45, 7) is 4.61. The predicted octanol–water partition coefficient (Wildman–Crippen LogP) is 1.41. The molecule has 2 aliphatic rings. The molecular formula is C24H21N7O3. The van der Waals surface area contributed by atoms with E-state index in [1.807, 2.05) is 0 Å². The van der Waals surface area contributed by atoms with Crippen LogP contribution in [0.2, 0.25) is 0 Å². The van der Waals surface area contributed by atoms with Gasteiger partial charge in [-0.25, -0.2) is 14.6 Å². The summed E-state index contributed by atoms with van der Waals surface area (Å²) in [7, 11) is 0. The van der Waals surface area contributed by atoms with Gasteiger partial charge in [0.05, 0.1) is 29.1 Å². The van der Waals surface area contributed by atoms with Gasteiger partial charge in [0.2, 0.25) is 5.91 Å². The lowest BCUT2D eigenvalue weighted by Crippen LogP contribution is -2.40. The Bertz CT molecular complexity index is 1380. The highest BCUT2D eigenvalue weighted by molar-refractivity contribution is 6.21. The van der Waals surface area contributed by atoms with Crippen molar-refractivity contribution in [1.29, 1.82) is 0 Å². The number of imide groups is 1. The minimum Gasteiger partial charge on any atom is -0.383 e. The predicted molar refractivity (Wildman–Crippen MR) is 123 cm³/mol. The lowest BCUT2D eigenvalue weighted by molar-refractivity contribution is -0.127. The lowest BCUT2D eigenvalue weighted by atomic mass is 10.1. The molecule has 1 saturated heterocycles. The van der Waals surface area contributed by atoms with Crippen molar-refractivity contribution < 1.29 is 14.4 Å². The molecule has 2 aliphatic heterocycles. The van der Waals surface area contributed by atoms with Gasteiger partial charge in [0, 0.05) is 13.1 Å². The van der Waals surface area contributed by atoms with E-state index in [-0.39, 0.29) is 36.1 Å². The molecule has 0 saturated carbocycles. The first-order chi connectivity index (χ1) is 16.5. The zero-order chi connectivity index (χ0) is 23.8. The van der Waals surface area contributed by atoms with Gasteiger partial charge in [-0.05, 0) is 37.0 Å². The van der Waals surface area contributed by atoms with Gasteiger partial charge < -0.3 is 10.6 Å². The summed E-state index contributed by atoms with van der Waals surface area (Å²) in [6, 6.07) is 6.58. The minimum atomic E-state index is -0.373. The van der Waals surface area contributed by atoms with Crippen LogP contribution in [0.15, 0.2) is 43.2 Å². The van der Waals surface area contributed by atoms with Crippen LogP contribution in [0.25, 0.3) is 11.0 Å². The Kier molecular flexibility index (Phi) is 5.30. The van der Waals surface area contributed by atoms with E-state index in [4.69, 9.17) is 5.73 Å². The maximum absolute atomic E-state index is 12.6. The number of nitrogen functional groups attached to an aromatic ring is 1. The Morgan fingerprint density at radius 1 is 1.21 bits per heavy atom. The summed E-state index contributed by atoms with van der Waals surface area (Å²) in [4.78, 5) is 48.5. The maximum atomic E-state index is 12.6. The molecule has 34 heavy (non-hydrogen) atoms. The van der Waals surface area contributed by atoms with Crippen LogP contribution in [-0.4, -0.2) is 66.9 Å². The van der Waals surface area contributed by atoms with Gasteiger partial charge >= 0.3 is 0 Å². The van der Waals surface area contributed by atoms with Gasteiger partial charge in [-0.2, -0.15) is 5.10 Å². The van der Waals surface area contributed by atoms with Crippen molar-refractivity contribution in [3.63, 3.8) is 0 Å². The fourth-order valence-corrected chi connectivity index (χ4v) is 4.41. The fourth-order valence-electron chi connectivity index (χ4n) is 4.41. The molecule has 170 valence electrons. The second-order valence-corrected chi connectivity index (χ2v) is 8.08. The van der Waals surface area contributed by atoms with Crippen molar-refractivity contribution in [2.24, 2.45) is 0 Å². The number of aromatic nitrogens is 4. The molecule has 0 aliphatic carbocycles. The summed E-state index contributed by atoms with van der Waals surface area (Å²) in [5.74, 6) is 5.18. The second kappa shape index (κ2) is 8.44. The standard InChI is InChI=1S/C24H21N7O3/c1-2-19(32)29-11-5-7-15(13-29)31-22-20(21(25)26-14-27-22)18(28-31)10-6-12-30-23(33)16-8-3-4-9-17(16)24(30)34/h2-4,8-9,14-15H,1,5,7,11-13H2,(H2,25,26,27)/t15-/m1/s1. The highest BCUT2D eigenvalue weighted by Crippen LogP contribution is 2.28. The van der Waals surface area contributed by atoms with Crippen LogP contribution in [0.4, 0.5) is 5.82 Å². The number of nitrogens with two attached hydrogens (primary N) is 1. The zero-order valence-corrected chi connectivity index (χ0v) is 18.3. The van der Waals surface area contributed by atoms with E-state index in [1.54, 1.807) is 33.8 Å². The van der Waals surface area contributed by atoms with Crippen molar-refractivity contribution in [2.75, 3.05) is 25.4 Å². The molecule has 1 atom stereocenters. The molecule has 3 aromatic rings. The summed E-state index contributed by atoms with van der Waals surface area (Å²) in [5, 5.41) is 5.15. The number of likely N-dealkylation sites (tertiary alicyclic amines) is 1. The minimum absolute atomic E-state index is 0.0840. The largest absolute Gasteiger partial charge is 0.383 e. The van der Waals surface area contributed by atoms with Crippen LogP contribution >= 0.6 is 0 Å². The number of carbonyl (C=O) groups excluding carboxylic acids is 3. The summed E-state index contributed by atoms with van der Waals surface area (Å²) in [5.41, 5.74) is 7.75. The Balaban J connectivity index is 1.45. The molecule has 0 spiro atoms. The summed E-state index contributed by atoms with van der Waals surface area (Å²) >= 11 is 0. The van der Waals surface area contributed by atoms with E-state index < -0.39 is 0 Å². The average Bonchev–Trinajstić information content (AvgIpc) is 3.36. The molecule has 10 heteroatoms. The van der Waals surface area contributed by atoms with Crippen LogP contribution in [-0.2, 0) is 4.79 Å². The van der Waals surface area contributed by atoms with Gasteiger partial charge in [-0.3, -0.25) is 19.3 Å². The summed E-state index contributed by atoms with van der Waals surface area (Å²) in [6.07, 6.45) is 4.29. The summed E-state index contributed by atoms with van der Waals surface area (Å²) < 4.78 is 1.74. The average molecular weight is 455 g/mol. The van der Waals surface area contributed by atoms with Gasteiger partial charge in [0.15, 0.2) is 5.65 Å². The third-order valence-corrected chi connectivity index (χ3v) is 6.07. The number of hydrogen-bond donors (Lipinski definition) is 1. The lowest BCUT2D eigenvalue weighted by Gasteiger charge is -2.32. The number of hydrogen-bond acceptors (Lipinski definition) is 7. The third kappa shape index (κ3) is 3.47. The van der Waals surface area contributed by atoms with Gasteiger partial charge in [-0.15, -0.1) is 0 Å². The monoisotopic (exact) mass is 455 g/mol. The van der Waals surface area contributed by atoms with Crippen LogP contribution in [0.3, 0.4) is 0 Å². The number of rotatable bonds is 3. The van der Waals surface area contributed by atoms with E-state index in [0.717, 1.165) is 17.7 Å². The maximum Gasteiger partial charge on any atom is 0.262 e. The normalized spacial score (nSPS) is 17.5. The van der Waals surface area contributed by atoms with Crippen molar-refractivity contribution in [1.82, 2.24) is 29.5 Å². The number of anilines is 1. The number of fused-ring (bicyclic) bond motifs is 2. The number of amides is 3. The van der Waals surface area contributed by atoms with Crippen molar-refractivity contribution in [2.45, 2.75) is 18.9 Å². The molecule has 2 aromatic heterocycles. The molecule has 0 radical (unpaired) electrons. The van der Waals surface area contributed by atoms with Crippen LogP contribution in [0.5, 0.6) is 0 Å². The molecular weight excluding hydrogens is 434 g/mol. The third-order valence-electron chi connectivity index (χ3n) is 6.07. The number of carbonyl (C=O) groups is 3.